The van der Waals surface area contributed by atoms with E-state index >= 15 is 0 Å². The monoisotopic (exact) mass is 465 g/mol. The first-order chi connectivity index (χ1) is 15.9. The second-order valence-corrected chi connectivity index (χ2v) is 9.72. The number of nitrogens with one attached hydrogen (secondary N) is 2. The second-order valence-electron chi connectivity index (χ2n) is 8.03. The fourth-order valence-corrected chi connectivity index (χ4v) is 5.01. The zero-order valence-electron chi connectivity index (χ0n) is 18.7. The number of nitrogens with zero attached hydrogens (tertiary/aromatic N) is 1. The van der Waals surface area contributed by atoms with Crippen LogP contribution >= 0.6 is 0 Å². The predicted octanol–water partition coefficient (Wildman–Crippen LogP) is 3.81. The Balaban J connectivity index is 1.44. The van der Waals surface area contributed by atoms with E-state index in [0.717, 1.165) is 24.9 Å². The third-order valence-corrected chi connectivity index (χ3v) is 7.08. The van der Waals surface area contributed by atoms with Gasteiger partial charge in [-0.05, 0) is 72.5 Å². The van der Waals surface area contributed by atoms with Gasteiger partial charge in [-0.15, -0.1) is 0 Å². The van der Waals surface area contributed by atoms with Gasteiger partial charge in [0.05, 0.1) is 12.0 Å². The summed E-state index contributed by atoms with van der Waals surface area (Å²) in [4.78, 5) is 15.0. The third-order valence-electron chi connectivity index (χ3n) is 5.70. The van der Waals surface area contributed by atoms with Gasteiger partial charge in [-0.1, -0.05) is 18.2 Å². The number of aryl methyl sites for hydroxylation is 1. The first-order valence-electron chi connectivity index (χ1n) is 10.7. The van der Waals surface area contributed by atoms with Gasteiger partial charge in [0.25, 0.3) is 15.9 Å². The highest BCUT2D eigenvalue weighted by Gasteiger charge is 2.17. The van der Waals surface area contributed by atoms with Gasteiger partial charge in [-0.25, -0.2) is 8.42 Å². The maximum Gasteiger partial charge on any atom is 0.261 e. The molecule has 0 saturated carbocycles. The molecule has 0 saturated heterocycles. The van der Waals surface area contributed by atoms with Crippen LogP contribution < -0.4 is 19.7 Å². The van der Waals surface area contributed by atoms with Crippen molar-refractivity contribution in [3.05, 3.63) is 83.4 Å². The summed E-state index contributed by atoms with van der Waals surface area (Å²) in [5, 5.41) is 2.89. The van der Waals surface area contributed by atoms with Gasteiger partial charge >= 0.3 is 0 Å². The van der Waals surface area contributed by atoms with Crippen LogP contribution in [0.1, 0.15) is 27.9 Å². The van der Waals surface area contributed by atoms with Gasteiger partial charge in [0.15, 0.2) is 0 Å². The van der Waals surface area contributed by atoms with Crippen LogP contribution in [0.3, 0.4) is 0 Å². The number of anilines is 2. The minimum atomic E-state index is -3.85. The van der Waals surface area contributed by atoms with E-state index in [-0.39, 0.29) is 16.4 Å². The molecule has 0 atom stereocenters. The Morgan fingerprint density at radius 2 is 1.85 bits per heavy atom. The van der Waals surface area contributed by atoms with Crippen LogP contribution in [0.4, 0.5) is 11.4 Å². The summed E-state index contributed by atoms with van der Waals surface area (Å²) in [6, 6.07) is 18.8. The van der Waals surface area contributed by atoms with Crippen molar-refractivity contribution < 1.29 is 17.9 Å². The molecule has 1 aliphatic rings. The Kier molecular flexibility index (Phi) is 6.55. The van der Waals surface area contributed by atoms with E-state index in [1.165, 1.54) is 23.4 Å². The molecule has 0 aromatic heterocycles. The molecule has 0 aliphatic carbocycles. The first-order valence-corrected chi connectivity index (χ1v) is 12.2. The zero-order chi connectivity index (χ0) is 23.4. The molecule has 0 radical (unpaired) electrons. The Labute approximate surface area is 194 Å². The Bertz CT molecular complexity index is 1260. The molecule has 2 N–H and O–H groups in total. The fraction of sp³-hybridized carbons (Fsp3) is 0.240. The maximum atomic E-state index is 12.8. The van der Waals surface area contributed by atoms with Gasteiger partial charge in [0, 0.05) is 37.1 Å². The van der Waals surface area contributed by atoms with Crippen molar-refractivity contribution in [2.45, 2.75) is 24.3 Å². The highest BCUT2D eigenvalue weighted by molar-refractivity contribution is 7.92. The van der Waals surface area contributed by atoms with E-state index in [1.54, 1.807) is 43.5 Å². The average molecular weight is 466 g/mol. The van der Waals surface area contributed by atoms with Gasteiger partial charge in [-0.3, -0.25) is 9.52 Å². The van der Waals surface area contributed by atoms with Crippen LogP contribution in [-0.2, 0) is 23.0 Å². The normalized spacial score (nSPS) is 13.2. The van der Waals surface area contributed by atoms with Gasteiger partial charge in [-0.2, -0.15) is 0 Å². The van der Waals surface area contributed by atoms with Crippen LogP contribution in [0, 0.1) is 0 Å². The molecular formula is C25H27N3O4S. The summed E-state index contributed by atoms with van der Waals surface area (Å²) >= 11 is 0. The smallest absolute Gasteiger partial charge is 0.261 e. The van der Waals surface area contributed by atoms with Gasteiger partial charge in [0.2, 0.25) is 0 Å². The summed E-state index contributed by atoms with van der Waals surface area (Å²) in [5.41, 5.74) is 4.23. The summed E-state index contributed by atoms with van der Waals surface area (Å²) in [6.07, 6.45) is 2.15. The molecule has 172 valence electrons. The molecule has 3 aromatic rings. The number of benzene rings is 3. The summed E-state index contributed by atoms with van der Waals surface area (Å²) in [7, 11) is -0.218. The molecule has 8 heteroatoms. The van der Waals surface area contributed by atoms with Crippen LogP contribution in [0.2, 0.25) is 0 Å². The molecule has 1 heterocycles. The Morgan fingerprint density at radius 1 is 1.06 bits per heavy atom. The minimum Gasteiger partial charge on any atom is -0.497 e. The molecule has 4 rings (SSSR count). The Hall–Kier alpha value is -3.52. The maximum absolute atomic E-state index is 12.8. The summed E-state index contributed by atoms with van der Waals surface area (Å²) < 4.78 is 33.2. The number of amides is 1. The lowest BCUT2D eigenvalue weighted by Crippen LogP contribution is -2.26. The number of carbonyl (C=O) groups excluding carboxylic acids is 1. The SMILES string of the molecule is COc1ccc(NS(=O)(=O)c2cccc(C(=O)NCc3ccc4c(c3)CCCN4C)c2)cc1. The van der Waals surface area contributed by atoms with Crippen molar-refractivity contribution in [2.24, 2.45) is 0 Å². The number of hydrogen-bond donors (Lipinski definition) is 2. The van der Waals surface area contributed by atoms with E-state index in [4.69, 9.17) is 4.74 Å². The van der Waals surface area contributed by atoms with Crippen molar-refractivity contribution in [1.29, 1.82) is 0 Å². The van der Waals surface area contributed by atoms with Gasteiger partial charge < -0.3 is 15.0 Å². The van der Waals surface area contributed by atoms with Crippen molar-refractivity contribution in [3.8, 4) is 5.75 Å². The van der Waals surface area contributed by atoms with Crippen molar-refractivity contribution in [1.82, 2.24) is 5.32 Å². The van der Waals surface area contributed by atoms with Crippen molar-refractivity contribution >= 4 is 27.3 Å². The number of ether oxygens (including phenoxy) is 1. The van der Waals surface area contributed by atoms with E-state index in [1.807, 2.05) is 6.07 Å². The molecule has 0 fully saturated rings. The predicted molar refractivity (Wildman–Crippen MR) is 129 cm³/mol. The lowest BCUT2D eigenvalue weighted by Gasteiger charge is -2.27. The number of fused-ring (bicyclic) bond motifs is 1. The molecule has 7 nitrogen and oxygen atoms in total. The topological polar surface area (TPSA) is 87.7 Å². The van der Waals surface area contributed by atoms with Crippen molar-refractivity contribution in [2.75, 3.05) is 30.3 Å². The number of rotatable bonds is 7. The van der Waals surface area contributed by atoms with Crippen molar-refractivity contribution in [3.63, 3.8) is 0 Å². The van der Waals surface area contributed by atoms with Gasteiger partial charge in [0.1, 0.15) is 5.75 Å². The van der Waals surface area contributed by atoms with E-state index < -0.39 is 10.0 Å². The summed E-state index contributed by atoms with van der Waals surface area (Å²) in [6.45, 7) is 1.42. The highest BCUT2D eigenvalue weighted by Crippen LogP contribution is 2.27. The van der Waals surface area contributed by atoms with Crippen LogP contribution in [0.15, 0.2) is 71.6 Å². The standard InChI is InChI=1S/C25H27N3O4S/c1-28-14-4-6-19-15-18(8-13-24(19)28)17-26-25(29)20-5-3-7-23(16-20)33(30,31)27-21-9-11-22(32-2)12-10-21/h3,5,7-13,15-16,27H,4,6,14,17H2,1-2H3,(H,26,29). The minimum absolute atomic E-state index is 0.0165. The Morgan fingerprint density at radius 3 is 2.61 bits per heavy atom. The fourth-order valence-electron chi connectivity index (χ4n) is 3.91. The molecule has 0 unspecified atom stereocenters. The molecule has 1 amide bonds. The largest absolute Gasteiger partial charge is 0.497 e. The zero-order valence-corrected chi connectivity index (χ0v) is 19.5. The van der Waals surface area contributed by atoms with Crippen LogP contribution in [0.25, 0.3) is 0 Å². The molecule has 0 spiro atoms. The number of sulfonamides is 1. The average Bonchev–Trinajstić information content (AvgIpc) is 2.83. The molecular weight excluding hydrogens is 438 g/mol. The van der Waals surface area contributed by atoms with E-state index in [9.17, 15) is 13.2 Å². The number of carbonyl (C=O) groups is 1. The highest BCUT2D eigenvalue weighted by atomic mass is 32.2. The number of hydrogen-bond acceptors (Lipinski definition) is 5. The molecule has 1 aliphatic heterocycles. The van der Waals surface area contributed by atoms with Crippen LogP contribution in [0.5, 0.6) is 5.75 Å². The first kappa shape index (κ1) is 22.7. The molecule has 33 heavy (non-hydrogen) atoms. The molecule has 3 aromatic carbocycles. The second kappa shape index (κ2) is 9.54. The third kappa shape index (κ3) is 5.28. The van der Waals surface area contributed by atoms with Crippen LogP contribution in [-0.4, -0.2) is 35.0 Å². The number of methoxy groups -OCH3 is 1. The molecule has 0 bridgehead atoms. The lowest BCUT2D eigenvalue weighted by molar-refractivity contribution is 0.0950. The van der Waals surface area contributed by atoms with E-state index in [2.05, 4.69) is 34.1 Å². The summed E-state index contributed by atoms with van der Waals surface area (Å²) in [5.74, 6) is 0.300. The quantitative estimate of drug-likeness (QED) is 0.554. The lowest BCUT2D eigenvalue weighted by atomic mass is 9.99. The van der Waals surface area contributed by atoms with E-state index in [0.29, 0.717) is 18.0 Å².